The van der Waals surface area contributed by atoms with Gasteiger partial charge >= 0.3 is 0 Å². The Hall–Kier alpha value is -1.28. The Kier molecular flexibility index (Phi) is 3.14. The van der Waals surface area contributed by atoms with Crippen molar-refractivity contribution in [3.63, 3.8) is 0 Å². The molecule has 3 atom stereocenters. The number of likely N-dealkylation sites (tertiary alicyclic amines) is 1. The maximum atomic E-state index is 9.79. The number of phenols is 1. The van der Waals surface area contributed by atoms with Crippen LogP contribution in [-0.2, 0) is 5.41 Å². The molecule has 1 heterocycles. The van der Waals surface area contributed by atoms with E-state index < -0.39 is 0 Å². The molecule has 2 fully saturated rings. The normalized spacial score (nSPS) is 34.4. The highest BCUT2D eigenvalue weighted by molar-refractivity contribution is 5.37. The summed E-state index contributed by atoms with van der Waals surface area (Å²) in [5, 5.41) is 9.79. The molecular formula is C17H23NO. The summed E-state index contributed by atoms with van der Waals surface area (Å²) in [5.74, 6) is 0.392. The zero-order valence-electron chi connectivity index (χ0n) is 11.7. The molecule has 2 heteroatoms. The van der Waals surface area contributed by atoms with Gasteiger partial charge in [0.25, 0.3) is 0 Å². The smallest absolute Gasteiger partial charge is 0.115 e. The van der Waals surface area contributed by atoms with Crippen LogP contribution in [0.25, 0.3) is 0 Å². The molecule has 102 valence electrons. The van der Waals surface area contributed by atoms with Gasteiger partial charge in [0.15, 0.2) is 0 Å². The molecule has 0 aromatic heterocycles. The van der Waals surface area contributed by atoms with Gasteiger partial charge in [0.1, 0.15) is 5.75 Å². The van der Waals surface area contributed by atoms with Crippen LogP contribution < -0.4 is 0 Å². The fraction of sp³-hybridized carbons (Fsp3) is 0.529. The molecule has 0 spiro atoms. The van der Waals surface area contributed by atoms with E-state index in [0.29, 0.717) is 17.8 Å². The number of fused-ring (bicyclic) bond motifs is 2. The summed E-state index contributed by atoms with van der Waals surface area (Å²) in [5.41, 5.74) is 1.54. The minimum atomic E-state index is 0.227. The molecule has 0 radical (unpaired) electrons. The average molecular weight is 257 g/mol. The quantitative estimate of drug-likeness (QED) is 0.838. The number of benzene rings is 1. The molecule has 1 aliphatic heterocycles. The minimum absolute atomic E-state index is 0.227. The second-order valence-electron chi connectivity index (χ2n) is 6.12. The predicted molar refractivity (Wildman–Crippen MR) is 78.4 cm³/mol. The van der Waals surface area contributed by atoms with Crippen LogP contribution in [0, 0.1) is 0 Å². The maximum Gasteiger partial charge on any atom is 0.115 e. The Labute approximate surface area is 115 Å². The molecule has 1 N–H and O–H groups in total. The molecule has 2 aliphatic rings. The van der Waals surface area contributed by atoms with Crippen molar-refractivity contribution in [2.24, 2.45) is 0 Å². The van der Waals surface area contributed by atoms with Gasteiger partial charge in [0.2, 0.25) is 0 Å². The van der Waals surface area contributed by atoms with Gasteiger partial charge in [-0.05, 0) is 43.9 Å². The van der Waals surface area contributed by atoms with E-state index in [1.807, 2.05) is 18.2 Å². The fourth-order valence-corrected chi connectivity index (χ4v) is 4.35. The zero-order valence-corrected chi connectivity index (χ0v) is 11.7. The SMILES string of the molecule is C=CCN1C2CCCC(c3cccc(O)c3)(C2)C1C. The summed E-state index contributed by atoms with van der Waals surface area (Å²) in [4.78, 5) is 2.60. The Morgan fingerprint density at radius 1 is 1.53 bits per heavy atom. The van der Waals surface area contributed by atoms with E-state index in [0.717, 1.165) is 6.54 Å². The Bertz CT molecular complexity index is 484. The molecule has 1 aliphatic carbocycles. The van der Waals surface area contributed by atoms with E-state index in [1.54, 1.807) is 6.07 Å². The van der Waals surface area contributed by atoms with Crippen molar-refractivity contribution in [3.8, 4) is 5.75 Å². The first-order valence-corrected chi connectivity index (χ1v) is 7.33. The number of phenolic OH excluding ortho intramolecular Hbond substituents is 1. The largest absolute Gasteiger partial charge is 0.508 e. The monoisotopic (exact) mass is 257 g/mol. The van der Waals surface area contributed by atoms with E-state index in [4.69, 9.17) is 0 Å². The third-order valence-electron chi connectivity index (χ3n) is 5.29. The predicted octanol–water partition coefficient (Wildman–Crippen LogP) is 3.46. The third-order valence-corrected chi connectivity index (χ3v) is 5.29. The molecule has 3 rings (SSSR count). The van der Waals surface area contributed by atoms with Crippen molar-refractivity contribution in [1.29, 1.82) is 0 Å². The minimum Gasteiger partial charge on any atom is -0.508 e. The summed E-state index contributed by atoms with van der Waals surface area (Å²) in [6, 6.07) is 9.11. The lowest BCUT2D eigenvalue weighted by molar-refractivity contribution is 0.214. The van der Waals surface area contributed by atoms with Gasteiger partial charge in [-0.3, -0.25) is 4.90 Å². The Morgan fingerprint density at radius 2 is 2.37 bits per heavy atom. The number of aromatic hydroxyl groups is 1. The van der Waals surface area contributed by atoms with Crippen molar-refractivity contribution < 1.29 is 5.11 Å². The Morgan fingerprint density at radius 3 is 3.11 bits per heavy atom. The van der Waals surface area contributed by atoms with E-state index in [9.17, 15) is 5.11 Å². The van der Waals surface area contributed by atoms with Gasteiger partial charge in [-0.1, -0.05) is 24.6 Å². The molecule has 3 unspecified atom stereocenters. The first-order valence-electron chi connectivity index (χ1n) is 7.33. The summed E-state index contributed by atoms with van der Waals surface area (Å²) in [6.45, 7) is 7.23. The second kappa shape index (κ2) is 4.68. The fourth-order valence-electron chi connectivity index (χ4n) is 4.35. The first kappa shape index (κ1) is 12.7. The summed E-state index contributed by atoms with van der Waals surface area (Å²) < 4.78 is 0. The van der Waals surface area contributed by atoms with Crippen molar-refractivity contribution in [2.75, 3.05) is 6.54 Å². The van der Waals surface area contributed by atoms with E-state index in [1.165, 1.54) is 31.2 Å². The number of rotatable bonds is 3. The molecule has 19 heavy (non-hydrogen) atoms. The molecule has 0 amide bonds. The molecular weight excluding hydrogens is 234 g/mol. The topological polar surface area (TPSA) is 23.5 Å². The highest BCUT2D eigenvalue weighted by Gasteiger charge is 2.52. The third kappa shape index (κ3) is 1.90. The highest BCUT2D eigenvalue weighted by atomic mass is 16.3. The summed E-state index contributed by atoms with van der Waals surface area (Å²) in [7, 11) is 0. The number of nitrogens with zero attached hydrogens (tertiary/aromatic N) is 1. The molecule has 1 aromatic rings. The molecule has 1 saturated carbocycles. The van der Waals surface area contributed by atoms with Crippen molar-refractivity contribution in [3.05, 3.63) is 42.5 Å². The molecule has 2 bridgehead atoms. The standard InChI is InChI=1S/C17H23NO/c1-3-10-18-13(2)17(9-5-7-15(18)12-17)14-6-4-8-16(19)11-14/h3-4,6,8,11,13,15,19H,1,5,7,9-10,12H2,2H3. The van der Waals surface area contributed by atoms with Crippen LogP contribution in [-0.4, -0.2) is 28.6 Å². The van der Waals surface area contributed by atoms with Crippen molar-refractivity contribution in [1.82, 2.24) is 4.90 Å². The van der Waals surface area contributed by atoms with Gasteiger partial charge in [-0.2, -0.15) is 0 Å². The van der Waals surface area contributed by atoms with E-state index >= 15 is 0 Å². The molecule has 1 saturated heterocycles. The van der Waals surface area contributed by atoms with Gasteiger partial charge < -0.3 is 5.11 Å². The maximum absolute atomic E-state index is 9.79. The van der Waals surface area contributed by atoms with Crippen molar-refractivity contribution >= 4 is 0 Å². The van der Waals surface area contributed by atoms with Crippen LogP contribution in [0.3, 0.4) is 0 Å². The van der Waals surface area contributed by atoms with Crippen LogP contribution in [0.4, 0.5) is 0 Å². The lowest BCUT2D eigenvalue weighted by Gasteiger charge is -2.36. The van der Waals surface area contributed by atoms with Crippen LogP contribution in [0.15, 0.2) is 36.9 Å². The lowest BCUT2D eigenvalue weighted by Crippen LogP contribution is -2.40. The Balaban J connectivity index is 2.00. The number of hydrogen-bond donors (Lipinski definition) is 1. The lowest BCUT2D eigenvalue weighted by atomic mass is 9.67. The summed E-state index contributed by atoms with van der Waals surface area (Å²) >= 11 is 0. The van der Waals surface area contributed by atoms with Gasteiger partial charge in [-0.15, -0.1) is 6.58 Å². The van der Waals surface area contributed by atoms with Crippen LogP contribution in [0.1, 0.15) is 38.2 Å². The van der Waals surface area contributed by atoms with Gasteiger partial charge in [0, 0.05) is 24.0 Å². The van der Waals surface area contributed by atoms with E-state index in [-0.39, 0.29) is 5.41 Å². The second-order valence-corrected chi connectivity index (χ2v) is 6.12. The van der Waals surface area contributed by atoms with Crippen LogP contribution >= 0.6 is 0 Å². The zero-order chi connectivity index (χ0) is 13.5. The van der Waals surface area contributed by atoms with Crippen LogP contribution in [0.2, 0.25) is 0 Å². The summed E-state index contributed by atoms with van der Waals surface area (Å²) in [6.07, 6.45) is 7.08. The van der Waals surface area contributed by atoms with Gasteiger partial charge in [-0.25, -0.2) is 0 Å². The van der Waals surface area contributed by atoms with Crippen LogP contribution in [0.5, 0.6) is 5.75 Å². The van der Waals surface area contributed by atoms with E-state index in [2.05, 4.69) is 24.5 Å². The van der Waals surface area contributed by atoms with Crippen molar-refractivity contribution in [2.45, 2.75) is 50.1 Å². The molecule has 1 aromatic carbocycles. The first-order chi connectivity index (χ1) is 9.17. The highest BCUT2D eigenvalue weighted by Crippen LogP contribution is 2.51. The number of hydrogen-bond acceptors (Lipinski definition) is 2. The average Bonchev–Trinajstić information content (AvgIpc) is 2.61. The van der Waals surface area contributed by atoms with Gasteiger partial charge in [0.05, 0.1) is 0 Å². The molecule has 2 nitrogen and oxygen atoms in total.